The zero-order valence-electron chi connectivity index (χ0n) is 10.9. The lowest BCUT2D eigenvalue weighted by molar-refractivity contribution is -0.119. The third kappa shape index (κ3) is 2.93. The van der Waals surface area contributed by atoms with E-state index in [1.165, 1.54) is 0 Å². The van der Waals surface area contributed by atoms with Gasteiger partial charge in [0.25, 0.3) is 0 Å². The van der Waals surface area contributed by atoms with E-state index in [0.29, 0.717) is 18.8 Å². The highest BCUT2D eigenvalue weighted by Gasteiger charge is 2.40. The normalized spacial score (nSPS) is 31.5. The molecule has 1 saturated carbocycles. The van der Waals surface area contributed by atoms with E-state index in [0.717, 1.165) is 31.1 Å². The number of rotatable bonds is 5. The van der Waals surface area contributed by atoms with Crippen molar-refractivity contribution in [1.29, 1.82) is 0 Å². The van der Waals surface area contributed by atoms with Gasteiger partial charge in [-0.1, -0.05) is 32.6 Å². The van der Waals surface area contributed by atoms with Gasteiger partial charge in [-0.25, -0.2) is 0 Å². The highest BCUT2D eigenvalue weighted by Crippen LogP contribution is 2.46. The molecule has 0 aromatic carbocycles. The first-order valence-electron chi connectivity index (χ1n) is 6.36. The first kappa shape index (κ1) is 13.9. The average Bonchev–Trinajstić information content (AvgIpc) is 2.31. The van der Waals surface area contributed by atoms with Gasteiger partial charge < -0.3 is 4.79 Å². The molecule has 2 nitrogen and oxygen atoms in total. The van der Waals surface area contributed by atoms with E-state index >= 15 is 0 Å². The number of unbranched alkanes of at least 4 members (excludes halogenated alkanes) is 1. The van der Waals surface area contributed by atoms with E-state index in [2.05, 4.69) is 20.4 Å². The molecule has 1 rings (SSSR count). The van der Waals surface area contributed by atoms with Crippen molar-refractivity contribution in [3.05, 3.63) is 24.3 Å². The van der Waals surface area contributed by atoms with Crippen molar-refractivity contribution in [2.75, 3.05) is 0 Å². The number of allylic oxidation sites excluding steroid dienone is 3. The molecule has 1 fully saturated rings. The quantitative estimate of drug-likeness (QED) is 0.414. The molecule has 0 N–H and O–H groups in total. The predicted molar refractivity (Wildman–Crippen MR) is 69.7 cm³/mol. The fraction of sp³-hybridized carbons (Fsp3) is 0.600. The Labute approximate surface area is 104 Å². The lowest BCUT2D eigenvalue weighted by Crippen LogP contribution is -2.36. The minimum absolute atomic E-state index is 0.0907. The van der Waals surface area contributed by atoms with Crippen molar-refractivity contribution in [3.63, 3.8) is 0 Å². The Balaban J connectivity index is 2.93. The van der Waals surface area contributed by atoms with Crippen LogP contribution in [-0.2, 0) is 9.59 Å². The summed E-state index contributed by atoms with van der Waals surface area (Å²) in [6.45, 7) is 8.04. The highest BCUT2D eigenvalue weighted by molar-refractivity contribution is 5.97. The van der Waals surface area contributed by atoms with Crippen molar-refractivity contribution in [1.82, 2.24) is 0 Å². The molecule has 0 radical (unpaired) electrons. The molecule has 0 aromatic rings. The summed E-state index contributed by atoms with van der Waals surface area (Å²) in [5, 5.41) is 0. The molecule has 0 saturated heterocycles. The van der Waals surface area contributed by atoms with Crippen LogP contribution in [0, 0.1) is 11.3 Å². The van der Waals surface area contributed by atoms with E-state index in [-0.39, 0.29) is 11.2 Å². The topological polar surface area (TPSA) is 34.1 Å². The second-order valence-electron chi connectivity index (χ2n) is 5.16. The zero-order valence-corrected chi connectivity index (χ0v) is 10.9. The first-order valence-corrected chi connectivity index (χ1v) is 6.36. The van der Waals surface area contributed by atoms with Gasteiger partial charge in [0.15, 0.2) is 5.78 Å². The Morgan fingerprint density at radius 3 is 2.82 bits per heavy atom. The fourth-order valence-electron chi connectivity index (χ4n) is 2.72. The Morgan fingerprint density at radius 1 is 1.53 bits per heavy atom. The third-order valence-corrected chi connectivity index (χ3v) is 4.11. The van der Waals surface area contributed by atoms with E-state index in [1.807, 2.05) is 6.08 Å². The van der Waals surface area contributed by atoms with Crippen molar-refractivity contribution >= 4 is 12.1 Å². The SMILES string of the molecule is C=C/C=C1\C(=O)CC[C@@H](C)[C@]1(C)CCCC=O. The molecule has 0 heterocycles. The first-order chi connectivity index (χ1) is 8.06. The summed E-state index contributed by atoms with van der Waals surface area (Å²) in [6, 6.07) is 0. The van der Waals surface area contributed by atoms with Crippen LogP contribution in [0.25, 0.3) is 0 Å². The fourth-order valence-corrected chi connectivity index (χ4v) is 2.72. The number of carbonyl (C=O) groups excluding carboxylic acids is 2. The molecule has 0 spiro atoms. The molecule has 0 bridgehead atoms. The van der Waals surface area contributed by atoms with E-state index in [4.69, 9.17) is 0 Å². The lowest BCUT2D eigenvalue weighted by atomic mass is 9.62. The molecule has 1 aliphatic rings. The van der Waals surface area contributed by atoms with Crippen LogP contribution in [0.4, 0.5) is 0 Å². The standard InChI is InChI=1S/C15H22O2/c1-4-7-13-14(17)9-8-12(2)15(13,3)10-5-6-11-16/h4,7,11-12H,1,5-6,8-10H2,2-3H3/b13-7+/t12-,15+/m1/s1. The molecule has 0 aliphatic heterocycles. The minimum Gasteiger partial charge on any atom is -0.303 e. The maximum atomic E-state index is 12.0. The van der Waals surface area contributed by atoms with Gasteiger partial charge in [0.05, 0.1) is 0 Å². The monoisotopic (exact) mass is 234 g/mol. The molecule has 0 amide bonds. The van der Waals surface area contributed by atoms with Gasteiger partial charge in [0, 0.05) is 18.4 Å². The molecule has 1 aliphatic carbocycles. The summed E-state index contributed by atoms with van der Waals surface area (Å²) in [6.07, 6.45) is 8.44. The van der Waals surface area contributed by atoms with Crippen LogP contribution in [0.2, 0.25) is 0 Å². The largest absolute Gasteiger partial charge is 0.303 e. The Morgan fingerprint density at radius 2 is 2.24 bits per heavy atom. The Bertz CT molecular complexity index is 341. The van der Waals surface area contributed by atoms with Gasteiger partial charge >= 0.3 is 0 Å². The zero-order chi connectivity index (χ0) is 12.9. The van der Waals surface area contributed by atoms with Gasteiger partial charge in [-0.15, -0.1) is 0 Å². The number of ketones is 1. The molecular weight excluding hydrogens is 212 g/mol. The summed E-state index contributed by atoms with van der Waals surface area (Å²) in [7, 11) is 0. The number of aldehydes is 1. The van der Waals surface area contributed by atoms with Crippen LogP contribution in [0.5, 0.6) is 0 Å². The van der Waals surface area contributed by atoms with Crippen LogP contribution in [0.3, 0.4) is 0 Å². The summed E-state index contributed by atoms with van der Waals surface area (Å²) in [5.74, 6) is 0.731. The maximum Gasteiger partial charge on any atom is 0.159 e. The summed E-state index contributed by atoms with van der Waals surface area (Å²) >= 11 is 0. The van der Waals surface area contributed by atoms with Crippen molar-refractivity contribution < 1.29 is 9.59 Å². The second kappa shape index (κ2) is 5.95. The van der Waals surface area contributed by atoms with Crippen LogP contribution < -0.4 is 0 Å². The minimum atomic E-state index is -0.0907. The van der Waals surface area contributed by atoms with Crippen LogP contribution in [-0.4, -0.2) is 12.1 Å². The Kier molecular flexibility index (Phi) is 4.86. The molecule has 17 heavy (non-hydrogen) atoms. The lowest BCUT2D eigenvalue weighted by Gasteiger charge is -2.41. The van der Waals surface area contributed by atoms with Crippen LogP contribution >= 0.6 is 0 Å². The molecule has 0 unspecified atom stereocenters. The van der Waals surface area contributed by atoms with Gasteiger partial charge in [0.1, 0.15) is 6.29 Å². The van der Waals surface area contributed by atoms with Gasteiger partial charge in [0.2, 0.25) is 0 Å². The van der Waals surface area contributed by atoms with Crippen LogP contribution in [0.15, 0.2) is 24.3 Å². The van der Waals surface area contributed by atoms with E-state index in [1.54, 1.807) is 6.08 Å². The molecule has 0 aromatic heterocycles. The summed E-state index contributed by atoms with van der Waals surface area (Å²) in [4.78, 5) is 22.4. The molecule has 94 valence electrons. The third-order valence-electron chi connectivity index (χ3n) is 4.11. The average molecular weight is 234 g/mol. The summed E-state index contributed by atoms with van der Waals surface area (Å²) in [5.41, 5.74) is 0.809. The number of hydrogen-bond acceptors (Lipinski definition) is 2. The number of carbonyl (C=O) groups is 2. The highest BCUT2D eigenvalue weighted by atomic mass is 16.1. The van der Waals surface area contributed by atoms with E-state index in [9.17, 15) is 9.59 Å². The van der Waals surface area contributed by atoms with E-state index < -0.39 is 0 Å². The number of hydrogen-bond donors (Lipinski definition) is 0. The summed E-state index contributed by atoms with van der Waals surface area (Å²) < 4.78 is 0. The Hall–Kier alpha value is -1.18. The van der Waals surface area contributed by atoms with Crippen LogP contribution in [0.1, 0.15) is 46.0 Å². The predicted octanol–water partition coefficient (Wildman–Crippen LogP) is 3.47. The smallest absolute Gasteiger partial charge is 0.159 e. The van der Waals surface area contributed by atoms with Crippen molar-refractivity contribution in [2.45, 2.75) is 46.0 Å². The van der Waals surface area contributed by atoms with Crippen molar-refractivity contribution in [3.8, 4) is 0 Å². The van der Waals surface area contributed by atoms with Gasteiger partial charge in [-0.3, -0.25) is 4.79 Å². The number of Topliss-reactive ketones (excluding diaryl/α,β-unsaturated/α-hetero) is 1. The maximum absolute atomic E-state index is 12.0. The van der Waals surface area contributed by atoms with Gasteiger partial charge in [-0.2, -0.15) is 0 Å². The molecule has 2 atom stereocenters. The van der Waals surface area contributed by atoms with Gasteiger partial charge in [-0.05, 0) is 30.6 Å². The van der Waals surface area contributed by atoms with Crippen molar-refractivity contribution in [2.24, 2.45) is 11.3 Å². The molecular formula is C15H22O2. The second-order valence-corrected chi connectivity index (χ2v) is 5.16. The molecule has 2 heteroatoms.